The predicted octanol–water partition coefficient (Wildman–Crippen LogP) is 2.92. The molecule has 5 rings (SSSR count). The van der Waals surface area contributed by atoms with Gasteiger partial charge in [0.05, 0.1) is 18.8 Å². The fourth-order valence-corrected chi connectivity index (χ4v) is 4.03. The van der Waals surface area contributed by atoms with Gasteiger partial charge in [-0.2, -0.15) is 0 Å². The monoisotopic (exact) mass is 395 g/mol. The molecule has 0 aliphatic carbocycles. The van der Waals surface area contributed by atoms with Crippen LogP contribution in [-0.4, -0.2) is 50.2 Å². The lowest BCUT2D eigenvalue weighted by atomic mass is 10.00. The maximum atomic E-state index is 13.7. The highest BCUT2D eigenvalue weighted by atomic mass is 19.1. The van der Waals surface area contributed by atoms with Gasteiger partial charge in [-0.3, -0.25) is 9.69 Å². The number of amides is 1. The Morgan fingerprint density at radius 2 is 1.97 bits per heavy atom. The minimum absolute atomic E-state index is 0.263. The highest BCUT2D eigenvalue weighted by Gasteiger charge is 2.32. The number of nitrogens with zero attached hydrogens (tertiary/aromatic N) is 1. The van der Waals surface area contributed by atoms with Gasteiger partial charge in [0.1, 0.15) is 18.2 Å². The fraction of sp³-hybridized carbons (Fsp3) is 0.318. The zero-order valence-corrected chi connectivity index (χ0v) is 16.0. The Morgan fingerprint density at radius 3 is 2.83 bits per heavy atom. The summed E-state index contributed by atoms with van der Waals surface area (Å²) in [6.07, 6.45) is 0. The van der Waals surface area contributed by atoms with Crippen molar-refractivity contribution in [2.45, 2.75) is 6.61 Å². The van der Waals surface area contributed by atoms with Crippen molar-refractivity contribution in [3.05, 3.63) is 58.9 Å². The molecule has 1 amide bonds. The van der Waals surface area contributed by atoms with Crippen LogP contribution in [-0.2, 0) is 20.9 Å². The second-order valence-corrected chi connectivity index (χ2v) is 7.39. The molecule has 1 saturated heterocycles. The molecular formula is C22H22FN3O3. The Kier molecular flexibility index (Phi) is 4.69. The Balaban J connectivity index is 1.35. The van der Waals surface area contributed by atoms with Gasteiger partial charge in [-0.25, -0.2) is 4.39 Å². The Hall–Kier alpha value is -2.90. The van der Waals surface area contributed by atoms with E-state index in [1.807, 2.05) is 12.1 Å². The first kappa shape index (κ1) is 18.1. The number of hydrogen-bond donors (Lipinski definition) is 2. The number of hydrogen-bond acceptors (Lipinski definition) is 5. The number of halogens is 1. The lowest BCUT2D eigenvalue weighted by Gasteiger charge is -2.26. The summed E-state index contributed by atoms with van der Waals surface area (Å²) in [5.41, 5.74) is 4.47. The molecule has 150 valence electrons. The Bertz CT molecular complexity index is 999. The molecule has 0 radical (unpaired) electrons. The van der Waals surface area contributed by atoms with E-state index in [1.54, 1.807) is 6.07 Å². The first-order valence-electron chi connectivity index (χ1n) is 9.85. The summed E-state index contributed by atoms with van der Waals surface area (Å²) in [5.74, 6) is -0.126. The molecule has 0 bridgehead atoms. The zero-order chi connectivity index (χ0) is 19.8. The second-order valence-electron chi connectivity index (χ2n) is 7.39. The van der Waals surface area contributed by atoms with Gasteiger partial charge in [0, 0.05) is 54.2 Å². The molecule has 0 spiro atoms. The lowest BCUT2D eigenvalue weighted by Crippen LogP contribution is -2.39. The molecule has 0 saturated carbocycles. The van der Waals surface area contributed by atoms with Crippen LogP contribution in [0.1, 0.15) is 16.7 Å². The van der Waals surface area contributed by atoms with E-state index in [4.69, 9.17) is 9.47 Å². The summed E-state index contributed by atoms with van der Waals surface area (Å²) in [6, 6.07) is 10.3. The van der Waals surface area contributed by atoms with Gasteiger partial charge in [0.2, 0.25) is 0 Å². The molecule has 2 aromatic carbocycles. The van der Waals surface area contributed by atoms with Crippen LogP contribution < -0.4 is 10.6 Å². The van der Waals surface area contributed by atoms with Gasteiger partial charge in [0.25, 0.3) is 5.91 Å². The summed E-state index contributed by atoms with van der Waals surface area (Å²) < 4.78 is 25.0. The van der Waals surface area contributed by atoms with Crippen molar-refractivity contribution in [1.82, 2.24) is 4.90 Å². The molecule has 3 aliphatic heterocycles. The predicted molar refractivity (Wildman–Crippen MR) is 109 cm³/mol. The molecule has 2 aromatic rings. The number of ether oxygens (including phenoxy) is 2. The Morgan fingerprint density at radius 1 is 1.10 bits per heavy atom. The summed E-state index contributed by atoms with van der Waals surface area (Å²) in [7, 11) is 0. The summed E-state index contributed by atoms with van der Waals surface area (Å²) >= 11 is 0. The van der Waals surface area contributed by atoms with Crippen molar-refractivity contribution >= 4 is 28.6 Å². The molecule has 2 N–H and O–H groups in total. The minimum Gasteiger partial charge on any atom is -0.487 e. The molecule has 7 heteroatoms. The number of anilines is 2. The van der Waals surface area contributed by atoms with Gasteiger partial charge in [-0.05, 0) is 36.4 Å². The van der Waals surface area contributed by atoms with Crippen molar-refractivity contribution < 1.29 is 18.7 Å². The number of carbonyl (C=O) groups is 1. The largest absolute Gasteiger partial charge is 0.487 e. The molecule has 1 fully saturated rings. The molecule has 3 aliphatic rings. The van der Waals surface area contributed by atoms with Crippen molar-refractivity contribution in [3.8, 4) is 0 Å². The number of benzene rings is 2. The van der Waals surface area contributed by atoms with E-state index in [-0.39, 0.29) is 11.7 Å². The molecule has 0 aromatic heterocycles. The third kappa shape index (κ3) is 3.47. The molecule has 3 heterocycles. The smallest absolute Gasteiger partial charge is 0.260 e. The topological polar surface area (TPSA) is 62.8 Å². The third-order valence-electron chi connectivity index (χ3n) is 5.54. The number of rotatable bonds is 4. The van der Waals surface area contributed by atoms with E-state index in [9.17, 15) is 9.18 Å². The van der Waals surface area contributed by atoms with E-state index in [0.717, 1.165) is 56.2 Å². The first-order valence-corrected chi connectivity index (χ1v) is 9.85. The number of morpholine rings is 1. The van der Waals surface area contributed by atoms with Gasteiger partial charge in [-0.1, -0.05) is 0 Å². The molecule has 6 nitrogen and oxygen atoms in total. The van der Waals surface area contributed by atoms with E-state index in [1.165, 1.54) is 12.1 Å². The van der Waals surface area contributed by atoms with Gasteiger partial charge in [0.15, 0.2) is 0 Å². The van der Waals surface area contributed by atoms with Crippen LogP contribution in [0.5, 0.6) is 0 Å². The van der Waals surface area contributed by atoms with Crippen molar-refractivity contribution in [2.24, 2.45) is 0 Å². The second kappa shape index (κ2) is 7.50. The average molecular weight is 395 g/mol. The van der Waals surface area contributed by atoms with Crippen LogP contribution in [0.15, 0.2) is 36.4 Å². The highest BCUT2D eigenvalue weighted by Crippen LogP contribution is 2.42. The van der Waals surface area contributed by atoms with Crippen LogP contribution >= 0.6 is 0 Å². The molecule has 0 atom stereocenters. The first-order chi connectivity index (χ1) is 14.2. The molecular weight excluding hydrogens is 373 g/mol. The van der Waals surface area contributed by atoms with Crippen molar-refractivity contribution in [2.75, 3.05) is 50.0 Å². The van der Waals surface area contributed by atoms with Crippen LogP contribution in [0.2, 0.25) is 0 Å². The fourth-order valence-electron chi connectivity index (χ4n) is 4.03. The van der Waals surface area contributed by atoms with Crippen LogP contribution in [0, 0.1) is 5.82 Å². The van der Waals surface area contributed by atoms with Gasteiger partial charge >= 0.3 is 0 Å². The van der Waals surface area contributed by atoms with E-state index >= 15 is 0 Å². The molecule has 29 heavy (non-hydrogen) atoms. The Labute approximate surface area is 168 Å². The average Bonchev–Trinajstić information content (AvgIpc) is 3.28. The van der Waals surface area contributed by atoms with Crippen LogP contribution in [0.4, 0.5) is 15.8 Å². The van der Waals surface area contributed by atoms with E-state index < -0.39 is 0 Å². The zero-order valence-electron chi connectivity index (χ0n) is 16.0. The standard InChI is InChI=1S/C22H22FN3O3/c23-15-1-4-19-18(12-15)20(22(27)25-19)21-17-3-2-16(11-14(17)13-29-21)24-5-6-26-7-9-28-10-8-26/h1-4,11-12,24H,5-10,13H2,(H,25,27). The summed E-state index contributed by atoms with van der Waals surface area (Å²) in [5, 5.41) is 6.24. The van der Waals surface area contributed by atoms with E-state index in [2.05, 4.69) is 21.6 Å². The van der Waals surface area contributed by atoms with Gasteiger partial charge in [-0.15, -0.1) is 0 Å². The van der Waals surface area contributed by atoms with Crippen LogP contribution in [0.25, 0.3) is 11.3 Å². The maximum absolute atomic E-state index is 13.7. The third-order valence-corrected chi connectivity index (χ3v) is 5.54. The van der Waals surface area contributed by atoms with Gasteiger partial charge < -0.3 is 20.1 Å². The summed E-state index contributed by atoms with van der Waals surface area (Å²) in [6.45, 7) is 5.76. The van der Waals surface area contributed by atoms with Crippen molar-refractivity contribution in [1.29, 1.82) is 0 Å². The number of carbonyl (C=O) groups excluding carboxylic acids is 1. The molecule has 0 unspecified atom stereocenters. The maximum Gasteiger partial charge on any atom is 0.260 e. The van der Waals surface area contributed by atoms with Crippen LogP contribution in [0.3, 0.4) is 0 Å². The number of nitrogens with one attached hydrogen (secondary N) is 2. The minimum atomic E-state index is -0.378. The van der Waals surface area contributed by atoms with E-state index in [0.29, 0.717) is 29.2 Å². The normalized spacial score (nSPS) is 20.8. The summed E-state index contributed by atoms with van der Waals surface area (Å²) in [4.78, 5) is 14.9. The quantitative estimate of drug-likeness (QED) is 0.780. The lowest BCUT2D eigenvalue weighted by molar-refractivity contribution is -0.110. The highest BCUT2D eigenvalue weighted by molar-refractivity contribution is 6.36. The number of fused-ring (bicyclic) bond motifs is 2. The SMILES string of the molecule is O=C1Nc2ccc(F)cc2C1=C1OCc2cc(NCCN3CCOCC3)ccc21. The van der Waals surface area contributed by atoms with Crippen molar-refractivity contribution in [3.63, 3.8) is 0 Å².